The van der Waals surface area contributed by atoms with Crippen LogP contribution in [0, 0.1) is 11.3 Å². The van der Waals surface area contributed by atoms with Gasteiger partial charge in [-0.25, -0.2) is 0 Å². The van der Waals surface area contributed by atoms with Crippen molar-refractivity contribution >= 4 is 5.91 Å². The number of ether oxygens (including phenoxy) is 2. The van der Waals surface area contributed by atoms with Crippen LogP contribution in [-0.2, 0) is 9.47 Å². The highest BCUT2D eigenvalue weighted by Crippen LogP contribution is 2.21. The molecule has 2 rings (SSSR count). The quantitative estimate of drug-likeness (QED) is 0.892. The monoisotopic (exact) mass is 260 g/mol. The number of benzene rings is 1. The molecule has 1 amide bonds. The second-order valence-corrected chi connectivity index (χ2v) is 4.85. The second-order valence-electron chi connectivity index (χ2n) is 4.85. The Hall–Kier alpha value is -1.90. The maximum atomic E-state index is 11.9. The fourth-order valence-electron chi connectivity index (χ4n) is 1.90. The molecule has 1 fully saturated rings. The van der Waals surface area contributed by atoms with Crippen LogP contribution in [0.3, 0.4) is 0 Å². The van der Waals surface area contributed by atoms with E-state index in [0.29, 0.717) is 24.3 Å². The van der Waals surface area contributed by atoms with E-state index in [0.717, 1.165) is 0 Å². The minimum Gasteiger partial charge on any atom is -0.349 e. The minimum absolute atomic E-state index is 0.141. The van der Waals surface area contributed by atoms with Crippen LogP contribution in [0.25, 0.3) is 0 Å². The van der Waals surface area contributed by atoms with Crippen molar-refractivity contribution in [2.75, 3.05) is 13.2 Å². The first-order chi connectivity index (χ1) is 9.00. The summed E-state index contributed by atoms with van der Waals surface area (Å²) in [5.41, 5.74) is 0.937. The van der Waals surface area contributed by atoms with E-state index in [1.165, 1.54) is 0 Å². The number of carbonyl (C=O) groups is 1. The maximum absolute atomic E-state index is 11.9. The number of rotatable bonds is 3. The average Bonchev–Trinajstić information content (AvgIpc) is 2.75. The Morgan fingerprint density at radius 1 is 1.58 bits per heavy atom. The SMILES string of the molecule is CC1(C)OCC(CNC(=O)c2cccc(C#N)c2)O1. The Kier molecular flexibility index (Phi) is 3.84. The fourth-order valence-corrected chi connectivity index (χ4v) is 1.90. The molecule has 1 atom stereocenters. The molecule has 1 aromatic rings. The summed E-state index contributed by atoms with van der Waals surface area (Å²) < 4.78 is 11.0. The number of hydrogen-bond donors (Lipinski definition) is 1. The summed E-state index contributed by atoms with van der Waals surface area (Å²) >= 11 is 0. The highest BCUT2D eigenvalue weighted by Gasteiger charge is 2.32. The number of nitriles is 1. The molecule has 1 aliphatic rings. The smallest absolute Gasteiger partial charge is 0.251 e. The first-order valence-corrected chi connectivity index (χ1v) is 6.10. The van der Waals surface area contributed by atoms with Crippen LogP contribution in [0.15, 0.2) is 24.3 Å². The van der Waals surface area contributed by atoms with E-state index < -0.39 is 5.79 Å². The predicted molar refractivity (Wildman–Crippen MR) is 68.4 cm³/mol. The van der Waals surface area contributed by atoms with Gasteiger partial charge in [-0.05, 0) is 32.0 Å². The number of hydrogen-bond acceptors (Lipinski definition) is 4. The maximum Gasteiger partial charge on any atom is 0.251 e. The Balaban J connectivity index is 1.90. The summed E-state index contributed by atoms with van der Waals surface area (Å²) in [5.74, 6) is -0.804. The van der Waals surface area contributed by atoms with E-state index in [9.17, 15) is 4.79 Å². The third kappa shape index (κ3) is 3.53. The summed E-state index contributed by atoms with van der Waals surface area (Å²) in [7, 11) is 0. The summed E-state index contributed by atoms with van der Waals surface area (Å²) in [6, 6.07) is 8.59. The van der Waals surface area contributed by atoms with Gasteiger partial charge in [-0.3, -0.25) is 4.79 Å². The first-order valence-electron chi connectivity index (χ1n) is 6.10. The molecular weight excluding hydrogens is 244 g/mol. The summed E-state index contributed by atoms with van der Waals surface area (Å²) in [4.78, 5) is 11.9. The molecule has 0 bridgehead atoms. The highest BCUT2D eigenvalue weighted by molar-refractivity contribution is 5.94. The lowest BCUT2D eigenvalue weighted by Crippen LogP contribution is -2.34. The van der Waals surface area contributed by atoms with Gasteiger partial charge in [0, 0.05) is 12.1 Å². The zero-order valence-corrected chi connectivity index (χ0v) is 11.0. The van der Waals surface area contributed by atoms with Crippen LogP contribution in [0.4, 0.5) is 0 Å². The molecule has 0 aromatic heterocycles. The third-order valence-corrected chi connectivity index (χ3v) is 2.81. The molecule has 0 spiro atoms. The molecule has 1 heterocycles. The number of nitrogens with zero attached hydrogens (tertiary/aromatic N) is 1. The van der Waals surface area contributed by atoms with Crippen molar-refractivity contribution in [2.45, 2.75) is 25.7 Å². The van der Waals surface area contributed by atoms with Crippen LogP contribution in [0.2, 0.25) is 0 Å². The standard InChI is InChI=1S/C14H16N2O3/c1-14(2)18-9-12(19-14)8-16-13(17)11-5-3-4-10(6-11)7-15/h3-6,12H,8-9H2,1-2H3,(H,16,17). The van der Waals surface area contributed by atoms with Crippen LogP contribution >= 0.6 is 0 Å². The van der Waals surface area contributed by atoms with Gasteiger partial charge in [0.25, 0.3) is 5.91 Å². The lowest BCUT2D eigenvalue weighted by molar-refractivity contribution is -0.137. The molecule has 1 aromatic carbocycles. The van der Waals surface area contributed by atoms with Gasteiger partial charge in [0.05, 0.1) is 18.2 Å². The minimum atomic E-state index is -0.587. The van der Waals surface area contributed by atoms with Crippen LogP contribution in [0.5, 0.6) is 0 Å². The van der Waals surface area contributed by atoms with Gasteiger partial charge in [-0.15, -0.1) is 0 Å². The molecule has 5 heteroatoms. The molecule has 19 heavy (non-hydrogen) atoms. The normalized spacial score (nSPS) is 20.8. The fraction of sp³-hybridized carbons (Fsp3) is 0.429. The molecule has 1 aliphatic heterocycles. The van der Waals surface area contributed by atoms with Crippen molar-refractivity contribution in [2.24, 2.45) is 0 Å². The van der Waals surface area contributed by atoms with E-state index in [-0.39, 0.29) is 12.0 Å². The second kappa shape index (κ2) is 5.39. The molecule has 1 N–H and O–H groups in total. The predicted octanol–water partition coefficient (Wildman–Crippen LogP) is 1.44. The van der Waals surface area contributed by atoms with Crippen molar-refractivity contribution in [3.63, 3.8) is 0 Å². The molecule has 1 unspecified atom stereocenters. The van der Waals surface area contributed by atoms with Gasteiger partial charge in [-0.2, -0.15) is 5.26 Å². The lowest BCUT2D eigenvalue weighted by Gasteiger charge is -2.17. The van der Waals surface area contributed by atoms with Gasteiger partial charge in [0.1, 0.15) is 6.10 Å². The molecule has 1 saturated heterocycles. The molecule has 0 saturated carbocycles. The topological polar surface area (TPSA) is 71.3 Å². The van der Waals surface area contributed by atoms with E-state index >= 15 is 0 Å². The Morgan fingerprint density at radius 3 is 3.00 bits per heavy atom. The van der Waals surface area contributed by atoms with Crippen LogP contribution < -0.4 is 5.32 Å². The zero-order chi connectivity index (χ0) is 13.9. The molecular formula is C14H16N2O3. The van der Waals surface area contributed by atoms with E-state index in [1.807, 2.05) is 19.9 Å². The molecule has 0 aliphatic carbocycles. The van der Waals surface area contributed by atoms with Crippen LogP contribution in [0.1, 0.15) is 29.8 Å². The van der Waals surface area contributed by atoms with E-state index in [1.54, 1.807) is 24.3 Å². The Labute approximate surface area is 112 Å². The van der Waals surface area contributed by atoms with Gasteiger partial charge in [-0.1, -0.05) is 6.07 Å². The Morgan fingerprint density at radius 2 is 2.37 bits per heavy atom. The van der Waals surface area contributed by atoms with Gasteiger partial charge >= 0.3 is 0 Å². The van der Waals surface area contributed by atoms with Gasteiger partial charge in [0.15, 0.2) is 5.79 Å². The summed E-state index contributed by atoms with van der Waals surface area (Å²) in [5, 5.41) is 11.6. The molecule has 5 nitrogen and oxygen atoms in total. The van der Waals surface area contributed by atoms with Crippen molar-refractivity contribution in [3.8, 4) is 6.07 Å². The van der Waals surface area contributed by atoms with Crippen LogP contribution in [-0.4, -0.2) is 30.9 Å². The van der Waals surface area contributed by atoms with E-state index in [4.69, 9.17) is 14.7 Å². The van der Waals surface area contributed by atoms with Gasteiger partial charge < -0.3 is 14.8 Å². The lowest BCUT2D eigenvalue weighted by atomic mass is 10.1. The number of nitrogens with one attached hydrogen (secondary N) is 1. The van der Waals surface area contributed by atoms with Crippen molar-refractivity contribution in [1.29, 1.82) is 5.26 Å². The number of carbonyl (C=O) groups excluding carboxylic acids is 1. The third-order valence-electron chi connectivity index (χ3n) is 2.81. The average molecular weight is 260 g/mol. The molecule has 100 valence electrons. The zero-order valence-electron chi connectivity index (χ0n) is 11.0. The van der Waals surface area contributed by atoms with Gasteiger partial charge in [0.2, 0.25) is 0 Å². The Bertz CT molecular complexity index is 520. The summed E-state index contributed by atoms with van der Waals surface area (Å²) in [6.07, 6.45) is -0.141. The van der Waals surface area contributed by atoms with E-state index in [2.05, 4.69) is 5.32 Å². The highest BCUT2D eigenvalue weighted by atomic mass is 16.7. The van der Waals surface area contributed by atoms with Crippen molar-refractivity contribution in [3.05, 3.63) is 35.4 Å². The number of amides is 1. The first kappa shape index (κ1) is 13.5. The summed E-state index contributed by atoms with van der Waals surface area (Å²) in [6.45, 7) is 4.53. The van der Waals surface area contributed by atoms with Crippen molar-refractivity contribution in [1.82, 2.24) is 5.32 Å². The van der Waals surface area contributed by atoms with Crippen molar-refractivity contribution < 1.29 is 14.3 Å². The largest absolute Gasteiger partial charge is 0.349 e. The molecule has 0 radical (unpaired) electrons.